The van der Waals surface area contributed by atoms with Gasteiger partial charge in [0.1, 0.15) is 0 Å². The quantitative estimate of drug-likeness (QED) is 0.485. The molecule has 28 heavy (non-hydrogen) atoms. The Morgan fingerprint density at radius 3 is 2.04 bits per heavy atom. The first kappa shape index (κ1) is 18.6. The van der Waals surface area contributed by atoms with Gasteiger partial charge in [-0.1, -0.05) is 79.7 Å². The van der Waals surface area contributed by atoms with Crippen molar-refractivity contribution in [3.8, 4) is 0 Å². The van der Waals surface area contributed by atoms with Crippen LogP contribution in [0.1, 0.15) is 25.3 Å². The van der Waals surface area contributed by atoms with E-state index in [4.69, 9.17) is 0 Å². The number of anilines is 2. The Morgan fingerprint density at radius 1 is 0.857 bits per heavy atom. The molecule has 0 saturated heterocycles. The first-order valence-corrected chi connectivity index (χ1v) is 10.6. The fraction of sp³-hybridized carbons (Fsp3) is 0.208. The lowest BCUT2D eigenvalue weighted by molar-refractivity contribution is 0.203. The van der Waals surface area contributed by atoms with Crippen molar-refractivity contribution < 1.29 is 4.79 Å². The second kappa shape index (κ2) is 8.53. The van der Waals surface area contributed by atoms with Gasteiger partial charge in [0.25, 0.3) is 0 Å². The SMILES string of the molecule is CCCCN(Cc1ccccc1)C(=O)N1c2ccccc2Sc2ccccc21. The molecule has 0 bridgehead atoms. The molecule has 4 rings (SSSR count). The molecular formula is C24H24N2OS. The third-order valence-electron chi connectivity index (χ3n) is 4.89. The first-order chi connectivity index (χ1) is 13.8. The summed E-state index contributed by atoms with van der Waals surface area (Å²) in [5.41, 5.74) is 3.08. The highest BCUT2D eigenvalue weighted by Crippen LogP contribution is 2.48. The van der Waals surface area contributed by atoms with Gasteiger partial charge in [0, 0.05) is 22.9 Å². The molecule has 1 heterocycles. The van der Waals surface area contributed by atoms with Gasteiger partial charge in [0.05, 0.1) is 11.4 Å². The molecule has 0 unspecified atom stereocenters. The van der Waals surface area contributed by atoms with Crippen LogP contribution in [0.2, 0.25) is 0 Å². The van der Waals surface area contributed by atoms with Gasteiger partial charge < -0.3 is 4.90 Å². The van der Waals surface area contributed by atoms with E-state index in [0.717, 1.165) is 46.1 Å². The molecule has 0 atom stereocenters. The predicted molar refractivity (Wildman–Crippen MR) is 116 cm³/mol. The fourth-order valence-corrected chi connectivity index (χ4v) is 4.51. The number of rotatable bonds is 5. The van der Waals surface area contributed by atoms with Gasteiger partial charge >= 0.3 is 6.03 Å². The van der Waals surface area contributed by atoms with Crippen LogP contribution < -0.4 is 4.90 Å². The molecule has 0 fully saturated rings. The van der Waals surface area contributed by atoms with Crippen LogP contribution in [-0.4, -0.2) is 17.5 Å². The molecule has 2 amide bonds. The Morgan fingerprint density at radius 2 is 1.43 bits per heavy atom. The van der Waals surface area contributed by atoms with E-state index < -0.39 is 0 Å². The van der Waals surface area contributed by atoms with Gasteiger partial charge in [-0.15, -0.1) is 0 Å². The Balaban J connectivity index is 1.72. The average Bonchev–Trinajstić information content (AvgIpc) is 2.75. The van der Waals surface area contributed by atoms with Crippen molar-refractivity contribution in [1.82, 2.24) is 4.90 Å². The Bertz CT molecular complexity index is 912. The molecule has 1 aliphatic rings. The number of urea groups is 1. The largest absolute Gasteiger partial charge is 0.329 e. The van der Waals surface area contributed by atoms with Gasteiger partial charge in [0.2, 0.25) is 0 Å². The van der Waals surface area contributed by atoms with Gasteiger partial charge in [-0.3, -0.25) is 4.90 Å². The lowest BCUT2D eigenvalue weighted by Crippen LogP contribution is -2.42. The van der Waals surface area contributed by atoms with Crippen LogP contribution in [0.4, 0.5) is 16.2 Å². The summed E-state index contributed by atoms with van der Waals surface area (Å²) < 4.78 is 0. The maximum atomic E-state index is 13.8. The lowest BCUT2D eigenvalue weighted by atomic mass is 10.2. The summed E-state index contributed by atoms with van der Waals surface area (Å²) in [6, 6.07) is 26.6. The lowest BCUT2D eigenvalue weighted by Gasteiger charge is -2.35. The van der Waals surface area contributed by atoms with Crippen LogP contribution >= 0.6 is 11.8 Å². The highest BCUT2D eigenvalue weighted by Gasteiger charge is 2.30. The maximum absolute atomic E-state index is 13.8. The van der Waals surface area contributed by atoms with Crippen LogP contribution in [-0.2, 0) is 6.54 Å². The number of fused-ring (bicyclic) bond motifs is 2. The number of carbonyl (C=O) groups is 1. The van der Waals surface area contributed by atoms with E-state index >= 15 is 0 Å². The van der Waals surface area contributed by atoms with Gasteiger partial charge in [-0.25, -0.2) is 4.79 Å². The van der Waals surface area contributed by atoms with E-state index in [9.17, 15) is 4.79 Å². The van der Waals surface area contributed by atoms with Crippen molar-refractivity contribution in [3.05, 3.63) is 84.4 Å². The highest BCUT2D eigenvalue weighted by atomic mass is 32.2. The molecule has 0 N–H and O–H groups in total. The summed E-state index contributed by atoms with van der Waals surface area (Å²) in [6.45, 7) is 3.53. The van der Waals surface area contributed by atoms with Crippen LogP contribution in [0.25, 0.3) is 0 Å². The van der Waals surface area contributed by atoms with Crippen LogP contribution in [0, 0.1) is 0 Å². The van der Waals surface area contributed by atoms with Crippen molar-refractivity contribution >= 4 is 29.2 Å². The minimum Gasteiger partial charge on any atom is -0.320 e. The second-order valence-electron chi connectivity index (χ2n) is 6.92. The van der Waals surface area contributed by atoms with Crippen molar-refractivity contribution in [2.45, 2.75) is 36.1 Å². The second-order valence-corrected chi connectivity index (χ2v) is 8.00. The first-order valence-electron chi connectivity index (χ1n) is 9.77. The normalized spacial score (nSPS) is 12.2. The van der Waals surface area contributed by atoms with Gasteiger partial charge in [0.15, 0.2) is 0 Å². The molecule has 4 heteroatoms. The van der Waals surface area contributed by atoms with Crippen LogP contribution in [0.15, 0.2) is 88.7 Å². The molecule has 0 aliphatic carbocycles. The molecule has 3 nitrogen and oxygen atoms in total. The number of carbonyl (C=O) groups excluding carboxylic acids is 1. The molecule has 3 aromatic rings. The zero-order chi connectivity index (χ0) is 19.3. The molecule has 0 spiro atoms. The molecule has 1 aliphatic heterocycles. The molecular weight excluding hydrogens is 364 g/mol. The van der Waals surface area contributed by atoms with Gasteiger partial charge in [-0.2, -0.15) is 0 Å². The number of benzene rings is 3. The zero-order valence-corrected chi connectivity index (χ0v) is 16.9. The smallest absolute Gasteiger partial charge is 0.320 e. The van der Waals surface area contributed by atoms with E-state index in [-0.39, 0.29) is 6.03 Å². The summed E-state index contributed by atoms with van der Waals surface area (Å²) in [5.74, 6) is 0. The van der Waals surface area contributed by atoms with Crippen molar-refractivity contribution in [3.63, 3.8) is 0 Å². The van der Waals surface area contributed by atoms with E-state index in [1.54, 1.807) is 11.8 Å². The third-order valence-corrected chi connectivity index (χ3v) is 6.02. The van der Waals surface area contributed by atoms with Crippen LogP contribution in [0.5, 0.6) is 0 Å². The van der Waals surface area contributed by atoms with Crippen molar-refractivity contribution in [2.24, 2.45) is 0 Å². The van der Waals surface area contributed by atoms with E-state index in [1.165, 1.54) is 0 Å². The molecule has 0 saturated carbocycles. The van der Waals surface area contributed by atoms with E-state index in [1.807, 2.05) is 64.4 Å². The summed E-state index contributed by atoms with van der Waals surface area (Å²) in [6.07, 6.45) is 2.05. The Kier molecular flexibility index (Phi) is 5.68. The average molecular weight is 389 g/mol. The van der Waals surface area contributed by atoms with Crippen LogP contribution in [0.3, 0.4) is 0 Å². The molecule has 142 valence electrons. The highest BCUT2D eigenvalue weighted by molar-refractivity contribution is 7.99. The number of hydrogen-bond acceptors (Lipinski definition) is 2. The number of unbranched alkanes of at least 4 members (excludes halogenated alkanes) is 1. The van der Waals surface area contributed by atoms with E-state index in [2.05, 4.69) is 31.2 Å². The van der Waals surface area contributed by atoms with Crippen molar-refractivity contribution in [2.75, 3.05) is 11.4 Å². The summed E-state index contributed by atoms with van der Waals surface area (Å²) in [5, 5.41) is 0. The molecule has 0 aromatic heterocycles. The summed E-state index contributed by atoms with van der Waals surface area (Å²) in [7, 11) is 0. The third kappa shape index (κ3) is 3.78. The topological polar surface area (TPSA) is 23.6 Å². The summed E-state index contributed by atoms with van der Waals surface area (Å²) >= 11 is 1.72. The fourth-order valence-electron chi connectivity index (χ4n) is 3.45. The molecule has 3 aromatic carbocycles. The predicted octanol–water partition coefficient (Wildman–Crippen LogP) is 6.71. The Labute approximate surface area is 171 Å². The monoisotopic (exact) mass is 388 g/mol. The summed E-state index contributed by atoms with van der Waals surface area (Å²) in [4.78, 5) is 19.9. The standard InChI is InChI=1S/C24H24N2OS/c1-2-3-17-25(18-19-11-5-4-6-12-19)24(27)26-20-13-7-9-15-22(20)28-23-16-10-8-14-21(23)26/h4-16H,2-3,17-18H2,1H3. The van der Waals surface area contributed by atoms with Gasteiger partial charge in [-0.05, 0) is 36.2 Å². The molecule has 0 radical (unpaired) electrons. The minimum absolute atomic E-state index is 0.0394. The Hall–Kier alpha value is -2.72. The minimum atomic E-state index is 0.0394. The number of hydrogen-bond donors (Lipinski definition) is 0. The zero-order valence-electron chi connectivity index (χ0n) is 16.0. The number of para-hydroxylation sites is 2. The maximum Gasteiger partial charge on any atom is 0.329 e. The van der Waals surface area contributed by atoms with Crippen molar-refractivity contribution in [1.29, 1.82) is 0 Å². The number of nitrogens with zero attached hydrogens (tertiary/aromatic N) is 2. The number of amides is 2. The van der Waals surface area contributed by atoms with E-state index in [0.29, 0.717) is 6.54 Å².